The molecule has 0 saturated carbocycles. The zero-order chi connectivity index (χ0) is 20.7. The van der Waals surface area contributed by atoms with E-state index in [2.05, 4.69) is 26.1 Å². The first kappa shape index (κ1) is 21.8. The van der Waals surface area contributed by atoms with Crippen LogP contribution in [-0.2, 0) is 6.42 Å². The zero-order valence-electron chi connectivity index (χ0n) is 18.1. The smallest absolute Gasteiger partial charge is 0.257 e. The van der Waals surface area contributed by atoms with Gasteiger partial charge in [-0.05, 0) is 45.2 Å². The predicted molar refractivity (Wildman–Crippen MR) is 114 cm³/mol. The normalized spacial score (nSPS) is 11.0. The van der Waals surface area contributed by atoms with Crippen molar-refractivity contribution in [3.63, 3.8) is 0 Å². The maximum absolute atomic E-state index is 5.79. The lowest BCUT2D eigenvalue weighted by Gasteiger charge is -2.20. The molecule has 0 spiro atoms. The van der Waals surface area contributed by atoms with Crippen LogP contribution < -0.4 is 19.5 Å². The largest absolute Gasteiger partial charge is 0.496 e. The lowest BCUT2D eigenvalue weighted by atomic mass is 10.1. The molecular formula is C22H33N3O3. The van der Waals surface area contributed by atoms with E-state index in [0.717, 1.165) is 42.0 Å². The quantitative estimate of drug-likeness (QED) is 0.611. The van der Waals surface area contributed by atoms with Gasteiger partial charge in [0, 0.05) is 17.7 Å². The molecule has 1 heterocycles. The monoisotopic (exact) mass is 387 g/mol. The van der Waals surface area contributed by atoms with Gasteiger partial charge in [0.25, 0.3) is 5.88 Å². The third kappa shape index (κ3) is 5.06. The average Bonchev–Trinajstić information content (AvgIpc) is 2.70. The second kappa shape index (κ2) is 10.2. The summed E-state index contributed by atoms with van der Waals surface area (Å²) in [6, 6.07) is 6.12. The molecule has 154 valence electrons. The molecule has 0 aliphatic rings. The van der Waals surface area contributed by atoms with E-state index in [0.29, 0.717) is 23.5 Å². The number of aromatic nitrogens is 2. The Morgan fingerprint density at radius 1 is 1.00 bits per heavy atom. The number of benzene rings is 1. The highest BCUT2D eigenvalue weighted by Crippen LogP contribution is 2.36. The second-order valence-corrected chi connectivity index (χ2v) is 6.92. The van der Waals surface area contributed by atoms with E-state index >= 15 is 0 Å². The molecule has 1 aromatic heterocycles. The van der Waals surface area contributed by atoms with E-state index in [-0.39, 0.29) is 6.10 Å². The maximum Gasteiger partial charge on any atom is 0.257 e. The molecule has 0 aliphatic carbocycles. The van der Waals surface area contributed by atoms with Crippen LogP contribution in [0.4, 0.5) is 5.82 Å². The first-order chi connectivity index (χ1) is 13.5. The minimum absolute atomic E-state index is 0.0945. The second-order valence-electron chi connectivity index (χ2n) is 6.92. The standard InChI is InChI=1S/C22H33N3O3/c1-8-15(9-2)23-21-22(27-7)25-20(18(10-3)24-21)17-12-11-16(28-14(4)5)13-19(17)26-6/h11-15H,8-10H2,1-7H3,(H,23,24). The van der Waals surface area contributed by atoms with Crippen molar-refractivity contribution in [1.82, 2.24) is 9.97 Å². The van der Waals surface area contributed by atoms with Crippen LogP contribution in [0.5, 0.6) is 17.4 Å². The number of nitrogens with one attached hydrogen (secondary N) is 1. The van der Waals surface area contributed by atoms with Crippen molar-refractivity contribution >= 4 is 5.82 Å². The summed E-state index contributed by atoms with van der Waals surface area (Å²) in [5.41, 5.74) is 2.53. The molecule has 2 rings (SSSR count). The van der Waals surface area contributed by atoms with Crippen molar-refractivity contribution in [3.8, 4) is 28.6 Å². The minimum Gasteiger partial charge on any atom is -0.496 e. The number of nitrogens with zero attached hydrogens (tertiary/aromatic N) is 2. The summed E-state index contributed by atoms with van der Waals surface area (Å²) in [4.78, 5) is 9.62. The van der Waals surface area contributed by atoms with Gasteiger partial charge >= 0.3 is 0 Å². The summed E-state index contributed by atoms with van der Waals surface area (Å²) >= 11 is 0. The highest BCUT2D eigenvalue weighted by molar-refractivity contribution is 5.72. The van der Waals surface area contributed by atoms with Crippen LogP contribution in [0.15, 0.2) is 18.2 Å². The summed E-state index contributed by atoms with van der Waals surface area (Å²) in [5, 5.41) is 3.46. The summed E-state index contributed by atoms with van der Waals surface area (Å²) < 4.78 is 17.0. The van der Waals surface area contributed by atoms with Crippen LogP contribution in [-0.4, -0.2) is 36.3 Å². The number of hydrogen-bond acceptors (Lipinski definition) is 6. The van der Waals surface area contributed by atoms with Crippen LogP contribution in [0.3, 0.4) is 0 Å². The first-order valence-electron chi connectivity index (χ1n) is 10.0. The Bertz CT molecular complexity index is 774. The summed E-state index contributed by atoms with van der Waals surface area (Å²) in [7, 11) is 3.27. The number of anilines is 1. The topological polar surface area (TPSA) is 65.5 Å². The number of hydrogen-bond donors (Lipinski definition) is 1. The van der Waals surface area contributed by atoms with Crippen LogP contribution in [0.1, 0.15) is 53.2 Å². The molecule has 28 heavy (non-hydrogen) atoms. The van der Waals surface area contributed by atoms with Gasteiger partial charge in [-0.1, -0.05) is 20.8 Å². The third-order valence-electron chi connectivity index (χ3n) is 4.59. The van der Waals surface area contributed by atoms with Crippen LogP contribution in [0, 0.1) is 0 Å². The average molecular weight is 388 g/mol. The van der Waals surface area contributed by atoms with E-state index in [9.17, 15) is 0 Å². The van der Waals surface area contributed by atoms with Crippen LogP contribution in [0.25, 0.3) is 11.3 Å². The van der Waals surface area contributed by atoms with Gasteiger partial charge in [0.15, 0.2) is 5.82 Å². The zero-order valence-corrected chi connectivity index (χ0v) is 18.1. The van der Waals surface area contributed by atoms with Gasteiger partial charge in [-0.3, -0.25) is 0 Å². The number of methoxy groups -OCH3 is 2. The van der Waals surface area contributed by atoms with Gasteiger partial charge < -0.3 is 19.5 Å². The molecule has 0 saturated heterocycles. The third-order valence-corrected chi connectivity index (χ3v) is 4.59. The van der Waals surface area contributed by atoms with Gasteiger partial charge in [-0.15, -0.1) is 0 Å². The van der Waals surface area contributed by atoms with E-state index in [1.54, 1.807) is 14.2 Å². The van der Waals surface area contributed by atoms with Crippen molar-refractivity contribution < 1.29 is 14.2 Å². The van der Waals surface area contributed by atoms with Crippen molar-refractivity contribution in [3.05, 3.63) is 23.9 Å². The van der Waals surface area contributed by atoms with Crippen molar-refractivity contribution in [2.24, 2.45) is 0 Å². The molecule has 0 bridgehead atoms. The molecule has 0 aliphatic heterocycles. The van der Waals surface area contributed by atoms with E-state index in [1.165, 1.54) is 0 Å². The van der Waals surface area contributed by atoms with Gasteiger partial charge in [-0.2, -0.15) is 0 Å². The molecule has 0 amide bonds. The first-order valence-corrected chi connectivity index (χ1v) is 10.0. The lowest BCUT2D eigenvalue weighted by Crippen LogP contribution is -2.19. The Morgan fingerprint density at radius 2 is 1.71 bits per heavy atom. The molecule has 6 nitrogen and oxygen atoms in total. The van der Waals surface area contributed by atoms with Crippen LogP contribution in [0.2, 0.25) is 0 Å². The lowest BCUT2D eigenvalue weighted by molar-refractivity contribution is 0.241. The number of aryl methyl sites for hydroxylation is 1. The molecule has 0 radical (unpaired) electrons. The molecule has 0 unspecified atom stereocenters. The van der Waals surface area contributed by atoms with Crippen molar-refractivity contribution in [1.29, 1.82) is 0 Å². The Labute approximate surface area is 168 Å². The minimum atomic E-state index is 0.0945. The highest BCUT2D eigenvalue weighted by Gasteiger charge is 2.19. The highest BCUT2D eigenvalue weighted by atomic mass is 16.5. The Kier molecular flexibility index (Phi) is 7.91. The van der Waals surface area contributed by atoms with E-state index < -0.39 is 0 Å². The summed E-state index contributed by atoms with van der Waals surface area (Å²) in [6.07, 6.45) is 2.86. The Hall–Kier alpha value is -2.50. The predicted octanol–water partition coefficient (Wildman–Crippen LogP) is 5.11. The van der Waals surface area contributed by atoms with Crippen LogP contribution >= 0.6 is 0 Å². The SMILES string of the molecule is CCc1nc(NC(CC)CC)c(OC)nc1-c1ccc(OC(C)C)cc1OC. The Balaban J connectivity index is 2.53. The fourth-order valence-electron chi connectivity index (χ4n) is 3.05. The molecule has 1 N–H and O–H groups in total. The fraction of sp³-hybridized carbons (Fsp3) is 0.545. The Morgan fingerprint density at radius 3 is 2.25 bits per heavy atom. The van der Waals surface area contributed by atoms with Gasteiger partial charge in [0.2, 0.25) is 0 Å². The molecule has 0 atom stereocenters. The fourth-order valence-corrected chi connectivity index (χ4v) is 3.05. The van der Waals surface area contributed by atoms with Gasteiger partial charge in [-0.25, -0.2) is 9.97 Å². The molecule has 0 fully saturated rings. The van der Waals surface area contributed by atoms with E-state index in [4.69, 9.17) is 24.2 Å². The maximum atomic E-state index is 5.79. The van der Waals surface area contributed by atoms with Crippen molar-refractivity contribution in [2.45, 2.75) is 66.0 Å². The van der Waals surface area contributed by atoms with Gasteiger partial charge in [0.1, 0.15) is 11.5 Å². The van der Waals surface area contributed by atoms with E-state index in [1.807, 2.05) is 32.0 Å². The van der Waals surface area contributed by atoms with Crippen molar-refractivity contribution in [2.75, 3.05) is 19.5 Å². The summed E-state index contributed by atoms with van der Waals surface area (Å²) in [5.74, 6) is 2.64. The molecule has 1 aromatic carbocycles. The number of ether oxygens (including phenoxy) is 3. The summed E-state index contributed by atoms with van der Waals surface area (Å²) in [6.45, 7) is 10.4. The molecular weight excluding hydrogens is 354 g/mol. The number of rotatable bonds is 10. The molecule has 6 heteroatoms. The van der Waals surface area contributed by atoms with Gasteiger partial charge in [0.05, 0.1) is 31.7 Å². The molecule has 2 aromatic rings.